The fourth-order valence-corrected chi connectivity index (χ4v) is 3.71. The van der Waals surface area contributed by atoms with Gasteiger partial charge in [0.15, 0.2) is 0 Å². The Kier molecular flexibility index (Phi) is 5.95. The fraction of sp³-hybridized carbons (Fsp3) is 0.200. The van der Waals surface area contributed by atoms with Crippen LogP contribution in [0.1, 0.15) is 35.8 Å². The lowest BCUT2D eigenvalue weighted by Gasteiger charge is -2.13. The molecule has 1 amide bonds. The molecule has 152 valence electrons. The maximum Gasteiger partial charge on any atom is 0.259 e. The molecule has 0 spiro atoms. The smallest absolute Gasteiger partial charge is 0.259 e. The van der Waals surface area contributed by atoms with Crippen LogP contribution < -0.4 is 10.0 Å². The van der Waals surface area contributed by atoms with Crippen LogP contribution in [0.2, 0.25) is 5.02 Å². The number of benzene rings is 2. The highest BCUT2D eigenvalue weighted by atomic mass is 35.5. The summed E-state index contributed by atoms with van der Waals surface area (Å²) in [6.45, 7) is 3.96. The average Bonchev–Trinajstić information content (AvgIpc) is 3.06. The molecule has 29 heavy (non-hydrogen) atoms. The number of sulfonamides is 1. The summed E-state index contributed by atoms with van der Waals surface area (Å²) in [7, 11) is -3.41. The largest absolute Gasteiger partial charge is 0.322 e. The number of amides is 1. The summed E-state index contributed by atoms with van der Waals surface area (Å²) in [4.78, 5) is 12.9. The van der Waals surface area contributed by atoms with Gasteiger partial charge in [0.25, 0.3) is 5.91 Å². The Bertz CT molecular complexity index is 1160. The Labute approximate surface area is 174 Å². The summed E-state index contributed by atoms with van der Waals surface area (Å²) < 4.78 is 26.9. The number of aromatic nitrogens is 2. The van der Waals surface area contributed by atoms with E-state index in [0.29, 0.717) is 22.0 Å². The second-order valence-electron chi connectivity index (χ2n) is 6.90. The number of carbonyl (C=O) groups is 1. The van der Waals surface area contributed by atoms with Gasteiger partial charge >= 0.3 is 0 Å². The number of halogens is 1. The van der Waals surface area contributed by atoms with Crippen molar-refractivity contribution in [2.45, 2.75) is 19.8 Å². The number of nitrogens with zero attached hydrogens (tertiary/aromatic N) is 2. The van der Waals surface area contributed by atoms with Crippen molar-refractivity contribution in [3.05, 3.63) is 71.0 Å². The first kappa shape index (κ1) is 20.9. The van der Waals surface area contributed by atoms with E-state index in [1.807, 2.05) is 26.0 Å². The van der Waals surface area contributed by atoms with Gasteiger partial charge in [-0.2, -0.15) is 5.10 Å². The van der Waals surface area contributed by atoms with Crippen molar-refractivity contribution in [3.8, 4) is 5.69 Å². The number of rotatable bonds is 6. The summed E-state index contributed by atoms with van der Waals surface area (Å²) in [5.41, 5.74) is 2.77. The van der Waals surface area contributed by atoms with Crippen LogP contribution in [0.25, 0.3) is 5.69 Å². The Morgan fingerprint density at radius 3 is 2.45 bits per heavy atom. The maximum absolute atomic E-state index is 12.9. The molecule has 0 aliphatic heterocycles. The maximum atomic E-state index is 12.9. The molecule has 0 atom stereocenters. The number of hydrogen-bond acceptors (Lipinski definition) is 4. The molecule has 3 rings (SSSR count). The molecular formula is C20H21ClN4O3S. The van der Waals surface area contributed by atoms with Gasteiger partial charge in [-0.25, -0.2) is 13.1 Å². The first-order valence-corrected chi connectivity index (χ1v) is 11.1. The molecule has 0 aliphatic carbocycles. The number of anilines is 2. The third-order valence-corrected chi connectivity index (χ3v) is 4.92. The minimum atomic E-state index is -3.41. The fourth-order valence-electron chi connectivity index (χ4n) is 2.97. The van der Waals surface area contributed by atoms with E-state index in [-0.39, 0.29) is 11.8 Å². The minimum Gasteiger partial charge on any atom is -0.322 e. The molecule has 0 radical (unpaired) electrons. The monoisotopic (exact) mass is 432 g/mol. The van der Waals surface area contributed by atoms with Gasteiger partial charge in [-0.3, -0.25) is 9.52 Å². The van der Waals surface area contributed by atoms with Crippen LogP contribution >= 0.6 is 11.6 Å². The third kappa shape index (κ3) is 5.16. The van der Waals surface area contributed by atoms with E-state index in [1.165, 1.54) is 6.20 Å². The molecule has 2 N–H and O–H groups in total. The van der Waals surface area contributed by atoms with Crippen LogP contribution in [0.3, 0.4) is 0 Å². The van der Waals surface area contributed by atoms with Gasteiger partial charge in [0, 0.05) is 10.7 Å². The van der Waals surface area contributed by atoms with Gasteiger partial charge in [-0.15, -0.1) is 0 Å². The second-order valence-corrected chi connectivity index (χ2v) is 9.08. The molecule has 9 heteroatoms. The van der Waals surface area contributed by atoms with Crippen LogP contribution in [-0.2, 0) is 10.0 Å². The van der Waals surface area contributed by atoms with Crippen LogP contribution in [0.5, 0.6) is 0 Å². The molecule has 1 aromatic heterocycles. The van der Waals surface area contributed by atoms with E-state index in [2.05, 4.69) is 15.1 Å². The van der Waals surface area contributed by atoms with Crippen molar-refractivity contribution in [3.63, 3.8) is 0 Å². The Morgan fingerprint density at radius 2 is 1.79 bits per heavy atom. The number of carbonyl (C=O) groups excluding carboxylic acids is 1. The van der Waals surface area contributed by atoms with Crippen molar-refractivity contribution in [1.29, 1.82) is 0 Å². The molecule has 0 saturated heterocycles. The van der Waals surface area contributed by atoms with E-state index in [0.717, 1.165) is 17.6 Å². The minimum absolute atomic E-state index is 0.0236. The first-order valence-electron chi connectivity index (χ1n) is 8.87. The molecule has 3 aromatic rings. The molecule has 0 bridgehead atoms. The van der Waals surface area contributed by atoms with Crippen LogP contribution in [0, 0.1) is 0 Å². The highest BCUT2D eigenvalue weighted by Gasteiger charge is 2.21. The molecule has 2 aromatic carbocycles. The van der Waals surface area contributed by atoms with Crippen LogP contribution in [-0.4, -0.2) is 30.4 Å². The lowest BCUT2D eigenvalue weighted by Crippen LogP contribution is -2.16. The topological polar surface area (TPSA) is 93.1 Å². The zero-order valence-corrected chi connectivity index (χ0v) is 17.8. The van der Waals surface area contributed by atoms with Crippen LogP contribution in [0.15, 0.2) is 54.7 Å². The first-order chi connectivity index (χ1) is 13.6. The van der Waals surface area contributed by atoms with Gasteiger partial charge in [-0.05, 0) is 42.3 Å². The normalized spacial score (nSPS) is 11.5. The highest BCUT2D eigenvalue weighted by molar-refractivity contribution is 7.92. The van der Waals surface area contributed by atoms with Gasteiger partial charge < -0.3 is 5.32 Å². The second kappa shape index (κ2) is 8.26. The Morgan fingerprint density at radius 1 is 1.10 bits per heavy atom. The SMILES string of the molecule is CC(C)c1c(C(=O)Nc2cccc(NS(C)(=O)=O)c2)cnn1-c1cccc(Cl)c1. The number of nitrogens with one attached hydrogen (secondary N) is 2. The molecular weight excluding hydrogens is 412 g/mol. The van der Waals surface area contributed by atoms with Gasteiger partial charge in [0.1, 0.15) is 0 Å². The standard InChI is InChI=1S/C20H21ClN4O3S/c1-13(2)19-18(12-22-25(19)17-9-4-6-14(21)10-17)20(26)23-15-7-5-8-16(11-15)24-29(3,27)28/h4-13,24H,1-3H3,(H,23,26). The predicted octanol–water partition coefficient (Wildman–Crippen LogP) is 4.27. The molecule has 0 unspecified atom stereocenters. The van der Waals surface area contributed by atoms with Gasteiger partial charge in [0.05, 0.1) is 35.1 Å². The molecule has 7 nitrogen and oxygen atoms in total. The van der Waals surface area contributed by atoms with Crippen molar-refractivity contribution >= 4 is 38.9 Å². The lowest BCUT2D eigenvalue weighted by molar-refractivity contribution is 0.102. The van der Waals surface area contributed by atoms with E-state index in [4.69, 9.17) is 11.6 Å². The van der Waals surface area contributed by atoms with Crippen molar-refractivity contribution in [1.82, 2.24) is 9.78 Å². The van der Waals surface area contributed by atoms with Crippen molar-refractivity contribution in [2.75, 3.05) is 16.3 Å². The summed E-state index contributed by atoms with van der Waals surface area (Å²) in [5, 5.41) is 7.76. The summed E-state index contributed by atoms with van der Waals surface area (Å²) >= 11 is 6.09. The number of hydrogen-bond donors (Lipinski definition) is 2. The summed E-state index contributed by atoms with van der Waals surface area (Å²) in [6.07, 6.45) is 2.58. The Hall–Kier alpha value is -2.84. The summed E-state index contributed by atoms with van der Waals surface area (Å²) in [5.74, 6) is -0.311. The zero-order chi connectivity index (χ0) is 21.2. The van der Waals surface area contributed by atoms with Crippen LogP contribution in [0.4, 0.5) is 11.4 Å². The van der Waals surface area contributed by atoms with E-state index < -0.39 is 10.0 Å². The Balaban J connectivity index is 1.91. The summed E-state index contributed by atoms with van der Waals surface area (Å²) in [6, 6.07) is 13.7. The van der Waals surface area contributed by atoms with Crippen molar-refractivity contribution in [2.24, 2.45) is 0 Å². The lowest BCUT2D eigenvalue weighted by atomic mass is 10.0. The van der Waals surface area contributed by atoms with Gasteiger partial charge in [-0.1, -0.05) is 37.6 Å². The molecule has 1 heterocycles. The molecule has 0 aliphatic rings. The molecule has 0 fully saturated rings. The van der Waals surface area contributed by atoms with E-state index in [1.54, 1.807) is 41.1 Å². The average molecular weight is 433 g/mol. The zero-order valence-electron chi connectivity index (χ0n) is 16.2. The third-order valence-electron chi connectivity index (χ3n) is 4.07. The highest BCUT2D eigenvalue weighted by Crippen LogP contribution is 2.25. The predicted molar refractivity (Wildman–Crippen MR) is 116 cm³/mol. The van der Waals surface area contributed by atoms with Gasteiger partial charge in [0.2, 0.25) is 10.0 Å². The van der Waals surface area contributed by atoms with Crippen molar-refractivity contribution < 1.29 is 13.2 Å². The van der Waals surface area contributed by atoms with E-state index >= 15 is 0 Å². The van der Waals surface area contributed by atoms with E-state index in [9.17, 15) is 13.2 Å². The molecule has 0 saturated carbocycles. The quantitative estimate of drug-likeness (QED) is 0.608.